The molecule has 0 bridgehead atoms. The van der Waals surface area contributed by atoms with Gasteiger partial charge < -0.3 is 10.6 Å². The average Bonchev–Trinajstić information content (AvgIpc) is 2.45. The minimum atomic E-state index is -4.59. The maximum atomic E-state index is 12.9. The van der Waals surface area contributed by atoms with Crippen LogP contribution in [0.3, 0.4) is 0 Å². The highest BCUT2D eigenvalue weighted by Crippen LogP contribution is 2.33. The number of alkyl halides is 3. The van der Waals surface area contributed by atoms with Crippen molar-refractivity contribution in [2.45, 2.75) is 32.0 Å². The quantitative estimate of drug-likeness (QED) is 0.892. The first-order valence-electron chi connectivity index (χ1n) is 7.07. The van der Waals surface area contributed by atoms with Crippen molar-refractivity contribution in [3.63, 3.8) is 0 Å². The van der Waals surface area contributed by atoms with Gasteiger partial charge >= 0.3 is 6.18 Å². The van der Waals surface area contributed by atoms with E-state index in [0.29, 0.717) is 12.8 Å². The van der Waals surface area contributed by atoms with Crippen LogP contribution in [0.1, 0.15) is 35.7 Å². The van der Waals surface area contributed by atoms with Crippen LogP contribution in [-0.4, -0.2) is 29.3 Å². The molecule has 0 aliphatic carbocycles. The third-order valence-corrected chi connectivity index (χ3v) is 4.24. The topological polar surface area (TPSA) is 63.4 Å². The van der Waals surface area contributed by atoms with Crippen molar-refractivity contribution in [3.05, 3.63) is 34.3 Å². The lowest BCUT2D eigenvalue weighted by molar-refractivity contribution is -0.137. The van der Waals surface area contributed by atoms with Crippen molar-refractivity contribution < 1.29 is 22.8 Å². The van der Waals surface area contributed by atoms with E-state index in [-0.39, 0.29) is 23.2 Å². The van der Waals surface area contributed by atoms with Crippen LogP contribution in [0, 0.1) is 5.92 Å². The average molecular weight is 349 g/mol. The van der Waals surface area contributed by atoms with Crippen LogP contribution in [-0.2, 0) is 11.0 Å². The SMILES string of the molecule is C[C@@H]1CC[C@H](C(N)=O)CN1C(=O)c1cc(Cl)cc(C(F)(F)F)c1. The first-order chi connectivity index (χ1) is 10.6. The van der Waals surface area contributed by atoms with Crippen LogP contribution in [0.25, 0.3) is 0 Å². The minimum absolute atomic E-state index is 0.100. The van der Waals surface area contributed by atoms with Crippen LogP contribution < -0.4 is 5.73 Å². The first-order valence-corrected chi connectivity index (χ1v) is 7.45. The molecule has 0 saturated carbocycles. The van der Waals surface area contributed by atoms with E-state index >= 15 is 0 Å². The Kier molecular flexibility index (Phi) is 4.89. The van der Waals surface area contributed by atoms with Crippen LogP contribution in [0.2, 0.25) is 5.02 Å². The van der Waals surface area contributed by atoms with Gasteiger partial charge in [-0.15, -0.1) is 0 Å². The zero-order valence-corrected chi connectivity index (χ0v) is 13.1. The highest BCUT2D eigenvalue weighted by atomic mass is 35.5. The Labute approximate surface area is 136 Å². The Hall–Kier alpha value is -1.76. The van der Waals surface area contributed by atoms with Gasteiger partial charge in [0.2, 0.25) is 5.91 Å². The van der Waals surface area contributed by atoms with E-state index in [9.17, 15) is 22.8 Å². The molecule has 1 aliphatic heterocycles. The summed E-state index contributed by atoms with van der Waals surface area (Å²) in [4.78, 5) is 25.3. The zero-order chi connectivity index (χ0) is 17.4. The molecule has 0 aromatic heterocycles. The maximum Gasteiger partial charge on any atom is 0.416 e. The molecule has 126 valence electrons. The van der Waals surface area contributed by atoms with Crippen molar-refractivity contribution in [1.29, 1.82) is 0 Å². The first kappa shape index (κ1) is 17.6. The molecule has 4 nitrogen and oxygen atoms in total. The third-order valence-electron chi connectivity index (χ3n) is 4.02. The Morgan fingerprint density at radius 1 is 1.26 bits per heavy atom. The molecule has 2 atom stereocenters. The second kappa shape index (κ2) is 6.39. The summed E-state index contributed by atoms with van der Waals surface area (Å²) in [6, 6.07) is 2.55. The van der Waals surface area contributed by atoms with Gasteiger partial charge in [0.05, 0.1) is 11.5 Å². The van der Waals surface area contributed by atoms with Crippen LogP contribution in [0.4, 0.5) is 13.2 Å². The maximum absolute atomic E-state index is 12.9. The molecule has 1 heterocycles. The number of likely N-dealkylation sites (tertiary alicyclic amines) is 1. The largest absolute Gasteiger partial charge is 0.416 e. The molecular weight excluding hydrogens is 333 g/mol. The summed E-state index contributed by atoms with van der Waals surface area (Å²) < 4.78 is 38.6. The number of piperidine rings is 1. The predicted molar refractivity (Wildman–Crippen MR) is 78.9 cm³/mol. The fraction of sp³-hybridized carbons (Fsp3) is 0.467. The third kappa shape index (κ3) is 3.96. The lowest BCUT2D eigenvalue weighted by Gasteiger charge is -2.37. The van der Waals surface area contributed by atoms with Crippen molar-refractivity contribution >= 4 is 23.4 Å². The van der Waals surface area contributed by atoms with E-state index in [2.05, 4.69) is 0 Å². The lowest BCUT2D eigenvalue weighted by atomic mass is 9.92. The number of carbonyl (C=O) groups excluding carboxylic acids is 2. The lowest BCUT2D eigenvalue weighted by Crippen LogP contribution is -2.48. The molecule has 0 unspecified atom stereocenters. The number of nitrogens with two attached hydrogens (primary N) is 1. The van der Waals surface area contributed by atoms with Crippen molar-refractivity contribution in [3.8, 4) is 0 Å². The Bertz CT molecular complexity index is 634. The molecule has 8 heteroatoms. The highest BCUT2D eigenvalue weighted by molar-refractivity contribution is 6.31. The summed E-state index contributed by atoms with van der Waals surface area (Å²) in [5.41, 5.74) is 4.14. The molecule has 0 spiro atoms. The predicted octanol–water partition coefficient (Wildman–Crippen LogP) is 3.08. The van der Waals surface area contributed by atoms with E-state index in [1.807, 2.05) is 0 Å². The van der Waals surface area contributed by atoms with E-state index in [1.165, 1.54) is 11.0 Å². The Morgan fingerprint density at radius 2 is 1.91 bits per heavy atom. The van der Waals surface area contributed by atoms with E-state index in [0.717, 1.165) is 12.1 Å². The highest BCUT2D eigenvalue weighted by Gasteiger charge is 2.35. The number of hydrogen-bond donors (Lipinski definition) is 1. The van der Waals surface area contributed by atoms with Gasteiger partial charge in [0.1, 0.15) is 0 Å². The van der Waals surface area contributed by atoms with Gasteiger partial charge in [-0.2, -0.15) is 13.2 Å². The van der Waals surface area contributed by atoms with Crippen LogP contribution >= 0.6 is 11.6 Å². The number of benzene rings is 1. The van der Waals surface area contributed by atoms with Crippen molar-refractivity contribution in [1.82, 2.24) is 4.90 Å². The normalized spacial score (nSPS) is 22.0. The number of primary amides is 1. The smallest absolute Gasteiger partial charge is 0.369 e. The fourth-order valence-corrected chi connectivity index (χ4v) is 2.90. The fourth-order valence-electron chi connectivity index (χ4n) is 2.66. The van der Waals surface area contributed by atoms with Gasteiger partial charge in [0.25, 0.3) is 5.91 Å². The number of hydrogen-bond acceptors (Lipinski definition) is 2. The van der Waals surface area contributed by atoms with Crippen molar-refractivity contribution in [2.24, 2.45) is 11.7 Å². The van der Waals surface area contributed by atoms with E-state index < -0.39 is 29.5 Å². The van der Waals surface area contributed by atoms with Gasteiger partial charge in [-0.1, -0.05) is 11.6 Å². The molecule has 2 N–H and O–H groups in total. The minimum Gasteiger partial charge on any atom is -0.369 e. The summed E-state index contributed by atoms with van der Waals surface area (Å²) in [6.07, 6.45) is -3.47. The summed E-state index contributed by atoms with van der Waals surface area (Å²) in [7, 11) is 0. The van der Waals surface area contributed by atoms with Crippen molar-refractivity contribution in [2.75, 3.05) is 6.54 Å². The summed E-state index contributed by atoms with van der Waals surface area (Å²) in [5.74, 6) is -1.59. The molecular formula is C15H16ClF3N2O2. The zero-order valence-electron chi connectivity index (χ0n) is 12.4. The number of halogens is 4. The molecule has 1 fully saturated rings. The van der Waals surface area contributed by atoms with Gasteiger partial charge in [-0.05, 0) is 38.0 Å². The van der Waals surface area contributed by atoms with Gasteiger partial charge in [-0.3, -0.25) is 9.59 Å². The summed E-state index contributed by atoms with van der Waals surface area (Å²) >= 11 is 5.71. The summed E-state index contributed by atoms with van der Waals surface area (Å²) in [5, 5.41) is -0.167. The number of carbonyl (C=O) groups is 2. The molecule has 0 radical (unpaired) electrons. The van der Waals surface area contributed by atoms with Crippen LogP contribution in [0.5, 0.6) is 0 Å². The van der Waals surface area contributed by atoms with E-state index in [4.69, 9.17) is 17.3 Å². The van der Waals surface area contributed by atoms with Crippen LogP contribution in [0.15, 0.2) is 18.2 Å². The Balaban J connectivity index is 2.32. The standard InChI is InChI=1S/C15H16ClF3N2O2/c1-8-2-3-9(13(20)22)7-21(8)14(23)10-4-11(15(17,18)19)6-12(16)5-10/h4-6,8-9H,2-3,7H2,1H3,(H2,20,22)/t8-,9+/m1/s1. The van der Waals surface area contributed by atoms with Gasteiger partial charge in [0, 0.05) is 23.2 Å². The van der Waals surface area contributed by atoms with Gasteiger partial charge in [-0.25, -0.2) is 0 Å². The number of nitrogens with zero attached hydrogens (tertiary/aromatic N) is 1. The Morgan fingerprint density at radius 3 is 2.48 bits per heavy atom. The summed E-state index contributed by atoms with van der Waals surface area (Å²) in [6.45, 7) is 1.88. The molecule has 2 rings (SSSR count). The molecule has 1 aliphatic rings. The molecule has 1 saturated heterocycles. The van der Waals surface area contributed by atoms with E-state index in [1.54, 1.807) is 6.92 Å². The number of amides is 2. The molecule has 23 heavy (non-hydrogen) atoms. The molecule has 2 amide bonds. The second-order valence-electron chi connectivity index (χ2n) is 5.71. The molecule has 1 aromatic rings. The number of rotatable bonds is 2. The molecule has 1 aromatic carbocycles. The van der Waals surface area contributed by atoms with Gasteiger partial charge in [0.15, 0.2) is 0 Å². The monoisotopic (exact) mass is 348 g/mol. The second-order valence-corrected chi connectivity index (χ2v) is 6.15.